The largest absolute Gasteiger partial charge is 0.611 e. The van der Waals surface area contributed by atoms with Gasteiger partial charge in [0.25, 0.3) is 0 Å². The predicted octanol–water partition coefficient (Wildman–Crippen LogP) is 5.10. The molecule has 2 atom stereocenters. The zero-order valence-electron chi connectivity index (χ0n) is 20.1. The molecule has 4 rings (SSSR count). The summed E-state index contributed by atoms with van der Waals surface area (Å²) in [6.07, 6.45) is 1.73. The van der Waals surface area contributed by atoms with Gasteiger partial charge in [0, 0.05) is 36.7 Å². The van der Waals surface area contributed by atoms with Gasteiger partial charge in [0.15, 0.2) is 22.2 Å². The average Bonchev–Trinajstić information content (AvgIpc) is 3.39. The van der Waals surface area contributed by atoms with Crippen molar-refractivity contribution >= 4 is 17.0 Å². The Balaban J connectivity index is 1.55. The van der Waals surface area contributed by atoms with E-state index in [0.717, 1.165) is 0 Å². The van der Waals surface area contributed by atoms with E-state index in [1.54, 1.807) is 43.3 Å². The number of halogens is 3. The zero-order valence-corrected chi connectivity index (χ0v) is 20.9. The first-order chi connectivity index (χ1) is 17.9. The maximum Gasteiger partial charge on any atom is 0.189 e. The number of benzene rings is 2. The van der Waals surface area contributed by atoms with E-state index < -0.39 is 30.3 Å². The molecule has 0 amide bonds. The SMILES string of the molecule is CC(CCF)[S+]([O-])c1ccc(-c2cnc(N)c(-c3cc(-c4ccc(CNCCF)cc4F)no3)n2)cc1. The van der Waals surface area contributed by atoms with Gasteiger partial charge in [-0.2, -0.15) is 0 Å². The molecule has 0 radical (unpaired) electrons. The van der Waals surface area contributed by atoms with Crippen LogP contribution in [0, 0.1) is 5.82 Å². The summed E-state index contributed by atoms with van der Waals surface area (Å²) in [5.41, 5.74) is 8.65. The number of alkyl halides is 2. The lowest BCUT2D eigenvalue weighted by molar-refractivity contribution is 0.433. The van der Waals surface area contributed by atoms with E-state index in [0.29, 0.717) is 28.3 Å². The number of nitrogens with two attached hydrogens (primary N) is 1. The summed E-state index contributed by atoms with van der Waals surface area (Å²) in [5, 5.41) is 6.55. The third kappa shape index (κ3) is 6.30. The molecular weight excluding hydrogens is 503 g/mol. The summed E-state index contributed by atoms with van der Waals surface area (Å²) in [4.78, 5) is 9.36. The average molecular weight is 530 g/mol. The molecule has 3 N–H and O–H groups in total. The number of nitrogens with zero attached hydrogens (tertiary/aromatic N) is 3. The number of aromatic nitrogens is 3. The second-order valence-electron chi connectivity index (χ2n) is 8.36. The molecular formula is C26H26F3N5O2S. The number of nitrogens with one attached hydrogen (secondary N) is 1. The molecule has 2 aromatic heterocycles. The minimum atomic E-state index is -1.32. The van der Waals surface area contributed by atoms with Gasteiger partial charge in [0.1, 0.15) is 23.4 Å². The van der Waals surface area contributed by atoms with Crippen molar-refractivity contribution < 1.29 is 22.2 Å². The molecule has 2 aromatic carbocycles. The molecule has 2 unspecified atom stereocenters. The molecule has 0 saturated carbocycles. The lowest BCUT2D eigenvalue weighted by Gasteiger charge is -2.16. The fourth-order valence-electron chi connectivity index (χ4n) is 3.66. The number of anilines is 1. The van der Waals surface area contributed by atoms with Crippen molar-refractivity contribution in [3.05, 3.63) is 66.1 Å². The Morgan fingerprint density at radius 3 is 2.57 bits per heavy atom. The van der Waals surface area contributed by atoms with Gasteiger partial charge in [0.2, 0.25) is 0 Å². The van der Waals surface area contributed by atoms with E-state index in [1.165, 1.54) is 18.3 Å². The molecule has 0 bridgehead atoms. The van der Waals surface area contributed by atoms with Crippen LogP contribution >= 0.6 is 0 Å². The molecule has 0 aliphatic rings. The van der Waals surface area contributed by atoms with Crippen LogP contribution in [0.1, 0.15) is 18.9 Å². The van der Waals surface area contributed by atoms with Crippen molar-refractivity contribution in [3.63, 3.8) is 0 Å². The van der Waals surface area contributed by atoms with Gasteiger partial charge in [-0.3, -0.25) is 4.39 Å². The maximum absolute atomic E-state index is 14.7. The normalized spacial score (nSPS) is 13.0. The number of hydrogen-bond acceptors (Lipinski definition) is 7. The Hall–Kier alpha value is -3.41. The van der Waals surface area contributed by atoms with Crippen molar-refractivity contribution in [2.75, 3.05) is 25.6 Å². The van der Waals surface area contributed by atoms with Crippen LogP contribution in [0.15, 0.2) is 64.1 Å². The molecule has 7 nitrogen and oxygen atoms in total. The van der Waals surface area contributed by atoms with Gasteiger partial charge in [-0.15, -0.1) is 0 Å². The quantitative estimate of drug-likeness (QED) is 0.205. The highest BCUT2D eigenvalue weighted by molar-refractivity contribution is 7.92. The fourth-order valence-corrected chi connectivity index (χ4v) is 4.83. The summed E-state index contributed by atoms with van der Waals surface area (Å²) in [7, 11) is 0. The second-order valence-corrected chi connectivity index (χ2v) is 10.2. The van der Waals surface area contributed by atoms with Crippen LogP contribution in [0.3, 0.4) is 0 Å². The topological polar surface area (TPSA) is 113 Å². The highest BCUT2D eigenvalue weighted by Crippen LogP contribution is 2.31. The lowest BCUT2D eigenvalue weighted by atomic mass is 10.1. The first kappa shape index (κ1) is 26.6. The van der Waals surface area contributed by atoms with Crippen molar-refractivity contribution in [2.24, 2.45) is 0 Å². The van der Waals surface area contributed by atoms with Gasteiger partial charge in [-0.25, -0.2) is 18.7 Å². The Labute approximate surface area is 215 Å². The summed E-state index contributed by atoms with van der Waals surface area (Å²) in [5.74, 6) is -0.169. The van der Waals surface area contributed by atoms with Gasteiger partial charge in [0.05, 0.1) is 18.6 Å². The highest BCUT2D eigenvalue weighted by atomic mass is 32.2. The third-order valence-electron chi connectivity index (χ3n) is 5.72. The first-order valence-corrected chi connectivity index (χ1v) is 12.8. The van der Waals surface area contributed by atoms with Crippen molar-refractivity contribution in [3.8, 4) is 34.0 Å². The molecule has 0 spiro atoms. The standard InChI is InChI=1S/C26H26F3N5O2S/c1-16(8-9-27)37(35)19-5-3-18(4-6-19)23-15-32-26(30)25(33-23)24-13-22(34-36-24)20-7-2-17(12-21(20)29)14-31-11-10-28/h2-7,12-13,15-16,31H,8-11,14H2,1H3,(H2,30,32). The first-order valence-electron chi connectivity index (χ1n) is 11.6. The van der Waals surface area contributed by atoms with Crippen LogP contribution in [0.4, 0.5) is 19.0 Å². The molecule has 11 heteroatoms. The van der Waals surface area contributed by atoms with E-state index in [9.17, 15) is 17.7 Å². The van der Waals surface area contributed by atoms with Crippen LogP contribution in [0.2, 0.25) is 0 Å². The number of rotatable bonds is 11. The van der Waals surface area contributed by atoms with Crippen molar-refractivity contribution in [1.29, 1.82) is 0 Å². The molecule has 194 valence electrons. The molecule has 0 aliphatic heterocycles. The lowest BCUT2D eigenvalue weighted by Crippen LogP contribution is -2.18. The Morgan fingerprint density at radius 2 is 1.86 bits per heavy atom. The fraction of sp³-hybridized carbons (Fsp3) is 0.269. The summed E-state index contributed by atoms with van der Waals surface area (Å²) in [6, 6.07) is 13.1. The molecule has 2 heterocycles. The monoisotopic (exact) mass is 529 g/mol. The maximum atomic E-state index is 14.7. The van der Waals surface area contributed by atoms with E-state index in [-0.39, 0.29) is 46.7 Å². The molecule has 0 saturated heterocycles. The Morgan fingerprint density at radius 1 is 1.08 bits per heavy atom. The predicted molar refractivity (Wildman–Crippen MR) is 137 cm³/mol. The Kier molecular flexibility index (Phi) is 8.80. The Bertz CT molecular complexity index is 1340. The number of hydrogen-bond donors (Lipinski definition) is 2. The van der Waals surface area contributed by atoms with E-state index in [1.807, 2.05) is 0 Å². The van der Waals surface area contributed by atoms with Crippen LogP contribution in [0.25, 0.3) is 34.0 Å². The number of nitrogen functional groups attached to an aromatic ring is 1. The molecule has 4 aromatic rings. The van der Waals surface area contributed by atoms with E-state index >= 15 is 0 Å². The van der Waals surface area contributed by atoms with E-state index in [2.05, 4.69) is 20.4 Å². The summed E-state index contributed by atoms with van der Waals surface area (Å²) >= 11 is -1.32. The minimum Gasteiger partial charge on any atom is -0.611 e. The van der Waals surface area contributed by atoms with Gasteiger partial charge >= 0.3 is 0 Å². The third-order valence-corrected chi connectivity index (χ3v) is 7.42. The van der Waals surface area contributed by atoms with Gasteiger partial charge in [-0.05, 0) is 60.1 Å². The van der Waals surface area contributed by atoms with Crippen LogP contribution in [0.5, 0.6) is 0 Å². The molecule has 37 heavy (non-hydrogen) atoms. The van der Waals surface area contributed by atoms with E-state index in [4.69, 9.17) is 10.3 Å². The molecule has 0 fully saturated rings. The highest BCUT2D eigenvalue weighted by Gasteiger charge is 2.21. The van der Waals surface area contributed by atoms with Crippen molar-refractivity contribution in [1.82, 2.24) is 20.4 Å². The van der Waals surface area contributed by atoms with Crippen LogP contribution < -0.4 is 11.1 Å². The molecule has 0 aliphatic carbocycles. The van der Waals surface area contributed by atoms with Crippen molar-refractivity contribution in [2.45, 2.75) is 30.0 Å². The summed E-state index contributed by atoms with van der Waals surface area (Å²) in [6.45, 7) is 1.27. The smallest absolute Gasteiger partial charge is 0.189 e. The second kappa shape index (κ2) is 12.2. The minimum absolute atomic E-state index is 0.110. The van der Waals surface area contributed by atoms with Gasteiger partial charge < -0.3 is 20.1 Å². The van der Waals surface area contributed by atoms with Crippen LogP contribution in [-0.4, -0.2) is 44.8 Å². The van der Waals surface area contributed by atoms with Crippen LogP contribution in [-0.2, 0) is 17.7 Å². The summed E-state index contributed by atoms with van der Waals surface area (Å²) < 4.78 is 57.5. The van der Waals surface area contributed by atoms with Gasteiger partial charge in [-0.1, -0.05) is 11.2 Å². The zero-order chi connectivity index (χ0) is 26.4.